The largest absolute Gasteiger partial charge is 0.264 e. The number of fused-ring (bicyclic) bond motifs is 1. The quantitative estimate of drug-likeness (QED) is 0.933. The minimum absolute atomic E-state index is 0.0464. The van der Waals surface area contributed by atoms with E-state index in [2.05, 4.69) is 9.71 Å². The predicted molar refractivity (Wildman–Crippen MR) is 78.6 cm³/mol. The van der Waals surface area contributed by atoms with Gasteiger partial charge in [-0.1, -0.05) is 0 Å². The number of nitrogens with one attached hydrogen (secondary N) is 1. The first-order valence-electron chi connectivity index (χ1n) is 7.40. The molecular weight excluding hydrogens is 291 g/mol. The van der Waals surface area contributed by atoms with Crippen molar-refractivity contribution < 1.29 is 12.8 Å². The molecule has 6 heteroatoms. The highest BCUT2D eigenvalue weighted by atomic mass is 32.2. The Morgan fingerprint density at radius 3 is 2.81 bits per heavy atom. The molecule has 1 unspecified atom stereocenters. The number of allylic oxidation sites excluding steroid dienone is 2. The van der Waals surface area contributed by atoms with E-state index in [1.54, 1.807) is 12.4 Å². The SMILES string of the molecule is O=S(=O)(NC1CCCc2cnccc21)C1=C(F)CCCC1. The minimum atomic E-state index is -3.74. The van der Waals surface area contributed by atoms with Crippen molar-refractivity contribution in [1.82, 2.24) is 9.71 Å². The van der Waals surface area contributed by atoms with Crippen LogP contribution in [0.2, 0.25) is 0 Å². The van der Waals surface area contributed by atoms with Gasteiger partial charge in [-0.3, -0.25) is 4.98 Å². The third-order valence-corrected chi connectivity index (χ3v) is 5.90. The fourth-order valence-electron chi connectivity index (χ4n) is 3.14. The number of sulfonamides is 1. The molecule has 3 rings (SSSR count). The van der Waals surface area contributed by atoms with E-state index in [-0.39, 0.29) is 17.4 Å². The number of pyridine rings is 1. The third kappa shape index (κ3) is 3.01. The Kier molecular flexibility index (Phi) is 4.08. The second kappa shape index (κ2) is 5.85. The number of hydrogen-bond donors (Lipinski definition) is 1. The zero-order valence-corrected chi connectivity index (χ0v) is 12.6. The molecule has 0 spiro atoms. The van der Waals surface area contributed by atoms with Crippen molar-refractivity contribution in [3.63, 3.8) is 0 Å². The van der Waals surface area contributed by atoms with Crippen LogP contribution < -0.4 is 4.72 Å². The maximum atomic E-state index is 13.8. The first-order valence-corrected chi connectivity index (χ1v) is 8.89. The smallest absolute Gasteiger partial charge is 0.239 e. The molecule has 1 aromatic rings. The Morgan fingerprint density at radius 1 is 1.19 bits per heavy atom. The van der Waals surface area contributed by atoms with Crippen LogP contribution in [0.5, 0.6) is 0 Å². The maximum Gasteiger partial charge on any atom is 0.239 e. The van der Waals surface area contributed by atoms with Crippen LogP contribution in [-0.4, -0.2) is 13.4 Å². The molecule has 4 nitrogen and oxygen atoms in total. The van der Waals surface area contributed by atoms with Crippen LogP contribution in [0.15, 0.2) is 29.2 Å². The van der Waals surface area contributed by atoms with Gasteiger partial charge in [-0.15, -0.1) is 0 Å². The van der Waals surface area contributed by atoms with Gasteiger partial charge in [0.25, 0.3) is 0 Å². The minimum Gasteiger partial charge on any atom is -0.264 e. The summed E-state index contributed by atoms with van der Waals surface area (Å²) in [5.41, 5.74) is 2.05. The molecule has 1 atom stereocenters. The molecule has 2 aliphatic carbocycles. The lowest BCUT2D eigenvalue weighted by atomic mass is 9.90. The highest BCUT2D eigenvalue weighted by molar-refractivity contribution is 7.93. The van der Waals surface area contributed by atoms with Gasteiger partial charge >= 0.3 is 0 Å². The van der Waals surface area contributed by atoms with E-state index in [9.17, 15) is 12.8 Å². The van der Waals surface area contributed by atoms with Crippen molar-refractivity contribution >= 4 is 10.0 Å². The number of nitrogens with zero attached hydrogens (tertiary/aromatic N) is 1. The standard InChI is InChI=1S/C15H19FN2O2S/c16-13-5-1-2-7-15(13)21(19,20)18-14-6-3-4-11-10-17-9-8-12(11)14/h8-10,14,18H,1-7H2. The van der Waals surface area contributed by atoms with E-state index in [4.69, 9.17) is 0 Å². The molecule has 0 aliphatic heterocycles. The van der Waals surface area contributed by atoms with Crippen LogP contribution in [-0.2, 0) is 16.4 Å². The van der Waals surface area contributed by atoms with Gasteiger partial charge in [0.15, 0.2) is 0 Å². The number of hydrogen-bond acceptors (Lipinski definition) is 3. The Labute approximate surface area is 124 Å². The summed E-state index contributed by atoms with van der Waals surface area (Å²) in [6.45, 7) is 0. The van der Waals surface area contributed by atoms with Gasteiger partial charge in [0, 0.05) is 24.9 Å². The molecule has 21 heavy (non-hydrogen) atoms. The van der Waals surface area contributed by atoms with Crippen molar-refractivity contribution in [3.8, 4) is 0 Å². The zero-order chi connectivity index (χ0) is 14.9. The molecule has 2 aliphatic rings. The Morgan fingerprint density at radius 2 is 2.00 bits per heavy atom. The zero-order valence-electron chi connectivity index (χ0n) is 11.8. The molecule has 0 bridgehead atoms. The molecule has 0 amide bonds. The topological polar surface area (TPSA) is 59.1 Å². The highest BCUT2D eigenvalue weighted by Crippen LogP contribution is 2.33. The van der Waals surface area contributed by atoms with Crippen LogP contribution in [0.3, 0.4) is 0 Å². The average Bonchev–Trinajstić information content (AvgIpc) is 2.47. The van der Waals surface area contributed by atoms with E-state index in [0.29, 0.717) is 6.42 Å². The Hall–Kier alpha value is -1.27. The van der Waals surface area contributed by atoms with Crippen molar-refractivity contribution in [1.29, 1.82) is 0 Å². The van der Waals surface area contributed by atoms with Crippen LogP contribution in [0.1, 0.15) is 55.7 Å². The summed E-state index contributed by atoms with van der Waals surface area (Å²) in [7, 11) is -3.74. The summed E-state index contributed by atoms with van der Waals surface area (Å²) in [6.07, 6.45) is 8.02. The molecule has 1 aromatic heterocycles. The molecule has 0 radical (unpaired) electrons. The maximum absolute atomic E-state index is 13.8. The van der Waals surface area contributed by atoms with Gasteiger partial charge < -0.3 is 0 Å². The number of rotatable bonds is 3. The van der Waals surface area contributed by atoms with Gasteiger partial charge in [0.1, 0.15) is 5.83 Å². The van der Waals surface area contributed by atoms with Crippen molar-refractivity contribution in [2.24, 2.45) is 0 Å². The van der Waals surface area contributed by atoms with Gasteiger partial charge in [0.2, 0.25) is 10.0 Å². The van der Waals surface area contributed by atoms with Crippen LogP contribution >= 0.6 is 0 Å². The lowest BCUT2D eigenvalue weighted by Gasteiger charge is -2.27. The highest BCUT2D eigenvalue weighted by Gasteiger charge is 2.30. The number of aromatic nitrogens is 1. The van der Waals surface area contributed by atoms with Crippen LogP contribution in [0.25, 0.3) is 0 Å². The fraction of sp³-hybridized carbons (Fsp3) is 0.533. The molecular formula is C15H19FN2O2S. The number of halogens is 1. The van der Waals surface area contributed by atoms with E-state index in [0.717, 1.165) is 43.2 Å². The average molecular weight is 310 g/mol. The van der Waals surface area contributed by atoms with Crippen molar-refractivity contribution in [3.05, 3.63) is 40.3 Å². The van der Waals surface area contributed by atoms with E-state index in [1.165, 1.54) is 0 Å². The monoisotopic (exact) mass is 310 g/mol. The summed E-state index contributed by atoms with van der Waals surface area (Å²) in [5.74, 6) is -0.473. The van der Waals surface area contributed by atoms with Crippen molar-refractivity contribution in [2.45, 2.75) is 51.0 Å². The summed E-state index contributed by atoms with van der Waals surface area (Å²) < 4.78 is 41.4. The second-order valence-corrected chi connectivity index (χ2v) is 7.41. The predicted octanol–water partition coefficient (Wildman–Crippen LogP) is 3.13. The second-order valence-electron chi connectivity index (χ2n) is 5.68. The molecule has 0 aromatic carbocycles. The molecule has 0 saturated carbocycles. The lowest BCUT2D eigenvalue weighted by Crippen LogP contribution is -2.32. The number of aryl methyl sites for hydroxylation is 1. The summed E-state index contributed by atoms with van der Waals surface area (Å²) in [4.78, 5) is 4.04. The van der Waals surface area contributed by atoms with Gasteiger partial charge in [-0.05, 0) is 55.7 Å². The first-order chi connectivity index (χ1) is 10.1. The van der Waals surface area contributed by atoms with E-state index >= 15 is 0 Å². The first kappa shape index (κ1) is 14.7. The van der Waals surface area contributed by atoms with Crippen molar-refractivity contribution in [2.75, 3.05) is 0 Å². The van der Waals surface area contributed by atoms with E-state index < -0.39 is 15.9 Å². The molecule has 1 heterocycles. The summed E-state index contributed by atoms with van der Waals surface area (Å²) in [6, 6.07) is 1.58. The van der Waals surface area contributed by atoms with E-state index in [1.807, 2.05) is 6.07 Å². The Bertz CT molecular complexity index is 670. The molecule has 0 fully saturated rings. The summed E-state index contributed by atoms with van der Waals surface area (Å²) >= 11 is 0. The lowest BCUT2D eigenvalue weighted by molar-refractivity contribution is 0.495. The Balaban J connectivity index is 1.87. The third-order valence-electron chi connectivity index (χ3n) is 4.23. The molecule has 114 valence electrons. The van der Waals surface area contributed by atoms with Crippen LogP contribution in [0, 0.1) is 0 Å². The summed E-state index contributed by atoms with van der Waals surface area (Å²) in [5, 5.41) is 0. The molecule has 1 N–H and O–H groups in total. The van der Waals surface area contributed by atoms with Gasteiger partial charge in [0.05, 0.1) is 4.91 Å². The fourth-order valence-corrected chi connectivity index (χ4v) is 4.71. The van der Waals surface area contributed by atoms with Gasteiger partial charge in [-0.25, -0.2) is 17.5 Å². The molecule has 0 saturated heterocycles. The van der Waals surface area contributed by atoms with Gasteiger partial charge in [-0.2, -0.15) is 0 Å². The normalized spacial score (nSPS) is 23.0. The van der Waals surface area contributed by atoms with Crippen LogP contribution in [0.4, 0.5) is 4.39 Å².